The van der Waals surface area contributed by atoms with Crippen molar-refractivity contribution in [2.75, 3.05) is 0 Å². The second kappa shape index (κ2) is 8.68. The molecule has 0 fully saturated rings. The predicted molar refractivity (Wildman–Crippen MR) is 115 cm³/mol. The van der Waals surface area contributed by atoms with E-state index < -0.39 is 0 Å². The normalized spacial score (nSPS) is 16.2. The Bertz CT molecular complexity index is 806. The maximum Gasteiger partial charge on any atom is 0.00806 e. The molecule has 0 radical (unpaired) electrons. The van der Waals surface area contributed by atoms with E-state index in [0.717, 1.165) is 5.92 Å². The SMILES string of the molecule is CC1Cc2ccccc2CCc2sccc2C1.Cc1cc(C)cc(C)c1. The predicted octanol–water partition coefficient (Wildman–Crippen LogP) is 6.88. The van der Waals surface area contributed by atoms with E-state index in [1.165, 1.54) is 42.4 Å². The standard InChI is InChI=1S/C16H18S.C9H12/c1-12-10-14-5-3-2-4-13(14)6-7-16-15(11-12)8-9-17-16;1-7-4-8(2)6-9(3)5-7/h2-5,8-9,12H,6-7,10-11H2,1H3;4-6H,1-3H3. The zero-order valence-corrected chi connectivity index (χ0v) is 17.3. The van der Waals surface area contributed by atoms with E-state index in [1.54, 1.807) is 21.6 Å². The molecule has 1 aliphatic carbocycles. The van der Waals surface area contributed by atoms with Crippen molar-refractivity contribution >= 4 is 11.3 Å². The summed E-state index contributed by atoms with van der Waals surface area (Å²) in [5.74, 6) is 0.752. The number of thiophene rings is 1. The van der Waals surface area contributed by atoms with Crippen LogP contribution in [0.4, 0.5) is 0 Å². The zero-order valence-electron chi connectivity index (χ0n) is 16.5. The lowest BCUT2D eigenvalue weighted by atomic mass is 9.93. The molecule has 4 rings (SSSR count). The fraction of sp³-hybridized carbons (Fsp3) is 0.360. The van der Waals surface area contributed by atoms with E-state index in [0.29, 0.717) is 0 Å². The molecule has 0 N–H and O–H groups in total. The van der Waals surface area contributed by atoms with Crippen molar-refractivity contribution in [2.45, 2.75) is 53.4 Å². The summed E-state index contributed by atoms with van der Waals surface area (Å²) in [6.07, 6.45) is 4.89. The second-order valence-corrected chi connectivity index (χ2v) is 8.82. The van der Waals surface area contributed by atoms with E-state index >= 15 is 0 Å². The first-order valence-corrected chi connectivity index (χ1v) is 10.6. The largest absolute Gasteiger partial charge is 0.149 e. The molecule has 1 aliphatic rings. The van der Waals surface area contributed by atoms with Crippen molar-refractivity contribution < 1.29 is 0 Å². The maximum atomic E-state index is 2.38. The lowest BCUT2D eigenvalue weighted by molar-refractivity contribution is 0.577. The molecule has 0 saturated carbocycles. The molecule has 0 saturated heterocycles. The summed E-state index contributed by atoms with van der Waals surface area (Å²) in [5, 5.41) is 2.25. The first-order chi connectivity index (χ1) is 12.5. The summed E-state index contributed by atoms with van der Waals surface area (Å²) in [4.78, 5) is 1.61. The summed E-state index contributed by atoms with van der Waals surface area (Å²) in [7, 11) is 0. The highest BCUT2D eigenvalue weighted by molar-refractivity contribution is 7.10. The average Bonchev–Trinajstić information content (AvgIpc) is 3.01. The van der Waals surface area contributed by atoms with Crippen LogP contribution in [0.15, 0.2) is 53.9 Å². The molecule has 0 aliphatic heterocycles. The van der Waals surface area contributed by atoms with Gasteiger partial charge in [-0.3, -0.25) is 0 Å². The highest BCUT2D eigenvalue weighted by atomic mass is 32.1. The Morgan fingerprint density at radius 3 is 1.96 bits per heavy atom. The van der Waals surface area contributed by atoms with Gasteiger partial charge in [-0.05, 0) is 80.5 Å². The first-order valence-electron chi connectivity index (χ1n) is 9.68. The molecular formula is C25H30S. The van der Waals surface area contributed by atoms with Crippen LogP contribution in [0.3, 0.4) is 0 Å². The van der Waals surface area contributed by atoms with Crippen LogP contribution >= 0.6 is 11.3 Å². The van der Waals surface area contributed by atoms with Crippen LogP contribution in [0.25, 0.3) is 0 Å². The van der Waals surface area contributed by atoms with Gasteiger partial charge in [-0.25, -0.2) is 0 Å². The van der Waals surface area contributed by atoms with Gasteiger partial charge in [0, 0.05) is 4.88 Å². The van der Waals surface area contributed by atoms with Gasteiger partial charge in [-0.1, -0.05) is 66.1 Å². The minimum atomic E-state index is 0.752. The molecule has 3 aromatic rings. The second-order valence-electron chi connectivity index (χ2n) is 7.82. The Hall–Kier alpha value is -1.86. The van der Waals surface area contributed by atoms with Crippen molar-refractivity contribution in [3.05, 3.63) is 92.2 Å². The minimum absolute atomic E-state index is 0.752. The summed E-state index contributed by atoms with van der Waals surface area (Å²) < 4.78 is 0. The number of hydrogen-bond donors (Lipinski definition) is 0. The van der Waals surface area contributed by atoms with E-state index in [1.807, 2.05) is 11.3 Å². The Kier molecular flexibility index (Phi) is 6.32. The van der Waals surface area contributed by atoms with Gasteiger partial charge in [-0.15, -0.1) is 11.3 Å². The third-order valence-corrected chi connectivity index (χ3v) is 6.10. The van der Waals surface area contributed by atoms with E-state index in [2.05, 4.69) is 81.6 Å². The van der Waals surface area contributed by atoms with E-state index in [9.17, 15) is 0 Å². The fourth-order valence-electron chi connectivity index (χ4n) is 4.04. The van der Waals surface area contributed by atoms with Gasteiger partial charge >= 0.3 is 0 Å². The third kappa shape index (κ3) is 5.08. The van der Waals surface area contributed by atoms with Gasteiger partial charge in [0.25, 0.3) is 0 Å². The van der Waals surface area contributed by atoms with Crippen molar-refractivity contribution in [1.29, 1.82) is 0 Å². The molecule has 1 heteroatoms. The molecular weight excluding hydrogens is 332 g/mol. The van der Waals surface area contributed by atoms with Gasteiger partial charge in [0.2, 0.25) is 0 Å². The van der Waals surface area contributed by atoms with Gasteiger partial charge in [0.15, 0.2) is 0 Å². The number of aryl methyl sites for hydroxylation is 5. The van der Waals surface area contributed by atoms with E-state index in [-0.39, 0.29) is 0 Å². The van der Waals surface area contributed by atoms with Crippen LogP contribution in [-0.4, -0.2) is 0 Å². The summed E-state index contributed by atoms with van der Waals surface area (Å²) in [6, 6.07) is 17.9. The van der Waals surface area contributed by atoms with Crippen molar-refractivity contribution in [3.8, 4) is 0 Å². The lowest BCUT2D eigenvalue weighted by Crippen LogP contribution is -2.04. The summed E-state index contributed by atoms with van der Waals surface area (Å²) in [5.41, 5.74) is 8.78. The molecule has 1 unspecified atom stereocenters. The summed E-state index contributed by atoms with van der Waals surface area (Å²) >= 11 is 1.93. The number of rotatable bonds is 0. The molecule has 1 atom stereocenters. The van der Waals surface area contributed by atoms with Crippen LogP contribution in [0.2, 0.25) is 0 Å². The monoisotopic (exact) mass is 362 g/mol. The number of hydrogen-bond acceptors (Lipinski definition) is 1. The van der Waals surface area contributed by atoms with Crippen molar-refractivity contribution in [2.24, 2.45) is 5.92 Å². The van der Waals surface area contributed by atoms with Gasteiger partial charge < -0.3 is 0 Å². The molecule has 1 aromatic heterocycles. The summed E-state index contributed by atoms with van der Waals surface area (Å²) in [6.45, 7) is 8.75. The van der Waals surface area contributed by atoms with Gasteiger partial charge in [0.05, 0.1) is 0 Å². The molecule has 26 heavy (non-hydrogen) atoms. The van der Waals surface area contributed by atoms with Crippen molar-refractivity contribution in [3.63, 3.8) is 0 Å². The van der Waals surface area contributed by atoms with Gasteiger partial charge in [-0.2, -0.15) is 0 Å². The van der Waals surface area contributed by atoms with E-state index in [4.69, 9.17) is 0 Å². The molecule has 0 nitrogen and oxygen atoms in total. The highest BCUT2D eigenvalue weighted by Gasteiger charge is 2.14. The number of benzene rings is 2. The molecule has 2 aromatic carbocycles. The van der Waals surface area contributed by atoms with Crippen LogP contribution in [0.1, 0.15) is 45.2 Å². The van der Waals surface area contributed by atoms with Crippen LogP contribution < -0.4 is 0 Å². The quantitative estimate of drug-likeness (QED) is 0.409. The molecule has 1 heterocycles. The first kappa shape index (κ1) is 18.9. The molecule has 0 bridgehead atoms. The molecule has 0 spiro atoms. The highest BCUT2D eigenvalue weighted by Crippen LogP contribution is 2.27. The van der Waals surface area contributed by atoms with Crippen LogP contribution in [0.5, 0.6) is 0 Å². The third-order valence-electron chi connectivity index (χ3n) is 5.08. The van der Waals surface area contributed by atoms with Crippen LogP contribution in [-0.2, 0) is 25.7 Å². The van der Waals surface area contributed by atoms with Crippen molar-refractivity contribution in [1.82, 2.24) is 0 Å². The Morgan fingerprint density at radius 1 is 0.731 bits per heavy atom. The lowest BCUT2D eigenvalue weighted by Gasteiger charge is -2.12. The van der Waals surface area contributed by atoms with Crippen LogP contribution in [0, 0.1) is 26.7 Å². The number of fused-ring (bicyclic) bond motifs is 2. The Labute approximate surface area is 162 Å². The Balaban J connectivity index is 0.000000185. The maximum absolute atomic E-state index is 2.38. The average molecular weight is 363 g/mol. The molecule has 0 amide bonds. The zero-order chi connectivity index (χ0) is 18.5. The topological polar surface area (TPSA) is 0 Å². The Morgan fingerprint density at radius 2 is 1.31 bits per heavy atom. The van der Waals surface area contributed by atoms with Gasteiger partial charge in [0.1, 0.15) is 0 Å². The molecule has 136 valence electrons. The minimum Gasteiger partial charge on any atom is -0.149 e. The smallest absolute Gasteiger partial charge is 0.00806 e. The fourth-order valence-corrected chi connectivity index (χ4v) is 4.96.